The lowest BCUT2D eigenvalue weighted by Gasteiger charge is -2.06. The van der Waals surface area contributed by atoms with Crippen LogP contribution >= 0.6 is 8.03 Å². The van der Waals surface area contributed by atoms with Crippen molar-refractivity contribution < 1.29 is 18.6 Å². The monoisotopic (exact) mass is 395 g/mol. The van der Waals surface area contributed by atoms with Crippen LogP contribution in [0.2, 0.25) is 0 Å². The molecule has 0 saturated heterocycles. The van der Waals surface area contributed by atoms with Gasteiger partial charge < -0.3 is 4.74 Å². The quantitative estimate of drug-likeness (QED) is 0.178. The summed E-state index contributed by atoms with van der Waals surface area (Å²) in [5, 5.41) is 0. The number of aryl methyl sites for hydroxylation is 1. The SMILES string of the molecule is CCCCCCCCCCCCOC(=O)c1ccc(CC[P+](=O)OC)cc1. The van der Waals surface area contributed by atoms with Crippen LogP contribution in [-0.4, -0.2) is 25.8 Å². The van der Waals surface area contributed by atoms with Crippen LogP contribution in [0.25, 0.3) is 0 Å². The predicted molar refractivity (Wildman–Crippen MR) is 112 cm³/mol. The van der Waals surface area contributed by atoms with E-state index in [1.807, 2.05) is 12.1 Å². The van der Waals surface area contributed by atoms with Gasteiger partial charge >= 0.3 is 14.0 Å². The minimum Gasteiger partial charge on any atom is -0.462 e. The van der Waals surface area contributed by atoms with E-state index >= 15 is 0 Å². The second-order valence-electron chi connectivity index (χ2n) is 7.00. The lowest BCUT2D eigenvalue weighted by atomic mass is 10.1. The molecular weight excluding hydrogens is 359 g/mol. The molecule has 1 unspecified atom stereocenters. The molecule has 0 saturated carbocycles. The summed E-state index contributed by atoms with van der Waals surface area (Å²) in [7, 11) is -0.133. The molecule has 1 rings (SSSR count). The Morgan fingerprint density at radius 2 is 1.44 bits per heavy atom. The zero-order chi connectivity index (χ0) is 19.7. The van der Waals surface area contributed by atoms with Gasteiger partial charge in [-0.05, 0) is 28.7 Å². The summed E-state index contributed by atoms with van der Waals surface area (Å²) < 4.78 is 21.4. The zero-order valence-electron chi connectivity index (χ0n) is 17.1. The summed E-state index contributed by atoms with van der Waals surface area (Å²) in [4.78, 5) is 12.0. The molecule has 5 heteroatoms. The van der Waals surface area contributed by atoms with Crippen molar-refractivity contribution >= 4 is 14.0 Å². The number of esters is 1. The van der Waals surface area contributed by atoms with Gasteiger partial charge in [-0.3, -0.25) is 0 Å². The van der Waals surface area contributed by atoms with Crippen molar-refractivity contribution in [1.29, 1.82) is 0 Å². The highest BCUT2D eigenvalue weighted by Crippen LogP contribution is 2.21. The van der Waals surface area contributed by atoms with E-state index in [-0.39, 0.29) is 5.97 Å². The Morgan fingerprint density at radius 1 is 0.889 bits per heavy atom. The summed E-state index contributed by atoms with van der Waals surface area (Å²) in [5.74, 6) is -0.263. The van der Waals surface area contributed by atoms with Crippen molar-refractivity contribution in [2.24, 2.45) is 0 Å². The number of unbranched alkanes of at least 4 members (excludes halogenated alkanes) is 9. The van der Waals surface area contributed by atoms with Gasteiger partial charge in [0.15, 0.2) is 6.16 Å². The van der Waals surface area contributed by atoms with Crippen molar-refractivity contribution in [3.05, 3.63) is 35.4 Å². The Bertz CT molecular complexity index is 528. The molecule has 0 spiro atoms. The Morgan fingerprint density at radius 3 is 2.00 bits per heavy atom. The van der Waals surface area contributed by atoms with Gasteiger partial charge in [-0.2, -0.15) is 0 Å². The highest BCUT2D eigenvalue weighted by atomic mass is 31.1. The van der Waals surface area contributed by atoms with Gasteiger partial charge in [-0.25, -0.2) is 4.79 Å². The standard InChI is InChI=1S/C22H36O4P/c1-3-4-5-6-7-8-9-10-11-12-18-26-22(23)21-15-13-20(14-16-21)17-19-27(24)25-2/h13-16H,3-12,17-19H2,1-2H3/q+1. The fourth-order valence-electron chi connectivity index (χ4n) is 2.96. The lowest BCUT2D eigenvalue weighted by molar-refractivity contribution is 0.0497. The smallest absolute Gasteiger partial charge is 0.462 e. The third-order valence-electron chi connectivity index (χ3n) is 4.71. The van der Waals surface area contributed by atoms with Crippen LogP contribution in [-0.2, 0) is 20.2 Å². The molecule has 0 aliphatic carbocycles. The molecule has 0 aliphatic rings. The summed E-state index contributed by atoms with van der Waals surface area (Å²) in [6.45, 7) is 2.74. The molecule has 0 aromatic heterocycles. The topological polar surface area (TPSA) is 52.6 Å². The van der Waals surface area contributed by atoms with Crippen LogP contribution in [0.4, 0.5) is 0 Å². The molecule has 1 atom stereocenters. The van der Waals surface area contributed by atoms with Gasteiger partial charge in [0.1, 0.15) is 0 Å². The highest BCUT2D eigenvalue weighted by molar-refractivity contribution is 7.39. The Kier molecular flexibility index (Phi) is 13.9. The summed E-state index contributed by atoms with van der Waals surface area (Å²) in [6.07, 6.45) is 13.8. The van der Waals surface area contributed by atoms with Crippen LogP contribution in [0, 0.1) is 0 Å². The van der Waals surface area contributed by atoms with Crippen molar-refractivity contribution in [3.8, 4) is 0 Å². The number of hydrogen-bond donors (Lipinski definition) is 0. The van der Waals surface area contributed by atoms with E-state index in [0.29, 0.717) is 24.8 Å². The van der Waals surface area contributed by atoms with Crippen LogP contribution in [0.15, 0.2) is 24.3 Å². The second-order valence-corrected chi connectivity index (χ2v) is 8.48. The first-order chi connectivity index (χ1) is 13.2. The van der Waals surface area contributed by atoms with E-state index in [9.17, 15) is 9.36 Å². The Hall–Kier alpha value is -1.25. The first-order valence-corrected chi connectivity index (χ1v) is 11.8. The average molecular weight is 396 g/mol. The number of hydrogen-bond acceptors (Lipinski definition) is 4. The van der Waals surface area contributed by atoms with Gasteiger partial charge in [0, 0.05) is 6.42 Å². The maximum Gasteiger partial charge on any atom is 0.508 e. The fourth-order valence-corrected chi connectivity index (χ4v) is 3.58. The number of benzene rings is 1. The first-order valence-electron chi connectivity index (χ1n) is 10.4. The van der Waals surface area contributed by atoms with Gasteiger partial charge in [-0.1, -0.05) is 76.8 Å². The molecule has 0 fully saturated rings. The molecule has 0 aliphatic heterocycles. The van der Waals surface area contributed by atoms with Crippen LogP contribution in [0.3, 0.4) is 0 Å². The normalized spacial score (nSPS) is 11.4. The average Bonchev–Trinajstić information content (AvgIpc) is 2.70. The molecule has 0 N–H and O–H groups in total. The van der Waals surface area contributed by atoms with Crippen LogP contribution < -0.4 is 0 Å². The zero-order valence-corrected chi connectivity index (χ0v) is 18.0. The largest absolute Gasteiger partial charge is 0.508 e. The maximum absolute atomic E-state index is 12.0. The third kappa shape index (κ3) is 11.9. The molecule has 0 amide bonds. The number of ether oxygens (including phenoxy) is 1. The summed E-state index contributed by atoms with van der Waals surface area (Å²) >= 11 is 0. The second kappa shape index (κ2) is 15.8. The number of rotatable bonds is 16. The number of carbonyl (C=O) groups excluding carboxylic acids is 1. The Balaban J connectivity index is 2.07. The minimum atomic E-state index is -1.58. The summed E-state index contributed by atoms with van der Waals surface area (Å²) in [5.41, 5.74) is 1.61. The maximum atomic E-state index is 12.0. The molecular formula is C22H36O4P+. The van der Waals surface area contributed by atoms with Crippen molar-refractivity contribution in [1.82, 2.24) is 0 Å². The Labute approximate surface area is 165 Å². The fraction of sp³-hybridized carbons (Fsp3) is 0.682. The number of carbonyl (C=O) groups is 1. The molecule has 4 nitrogen and oxygen atoms in total. The molecule has 1 aromatic rings. The van der Waals surface area contributed by atoms with E-state index < -0.39 is 8.03 Å². The predicted octanol–water partition coefficient (Wildman–Crippen LogP) is 6.70. The lowest BCUT2D eigenvalue weighted by Crippen LogP contribution is -2.06. The van der Waals surface area contributed by atoms with Gasteiger partial charge in [-0.15, -0.1) is 4.52 Å². The van der Waals surface area contributed by atoms with Crippen molar-refractivity contribution in [2.75, 3.05) is 19.9 Å². The van der Waals surface area contributed by atoms with Gasteiger partial charge in [0.25, 0.3) is 0 Å². The van der Waals surface area contributed by atoms with E-state index in [1.165, 1.54) is 58.5 Å². The third-order valence-corrected chi connectivity index (χ3v) is 5.70. The molecule has 0 radical (unpaired) electrons. The van der Waals surface area contributed by atoms with Crippen molar-refractivity contribution in [3.63, 3.8) is 0 Å². The van der Waals surface area contributed by atoms with E-state index in [0.717, 1.165) is 18.4 Å². The molecule has 27 heavy (non-hydrogen) atoms. The van der Waals surface area contributed by atoms with Crippen molar-refractivity contribution in [2.45, 2.75) is 77.6 Å². The first kappa shape index (κ1) is 23.8. The van der Waals surface area contributed by atoms with Gasteiger partial charge in [0.05, 0.1) is 19.3 Å². The van der Waals surface area contributed by atoms with E-state index in [4.69, 9.17) is 9.26 Å². The van der Waals surface area contributed by atoms with E-state index in [1.54, 1.807) is 12.1 Å². The molecule has 0 heterocycles. The highest BCUT2D eigenvalue weighted by Gasteiger charge is 2.14. The van der Waals surface area contributed by atoms with Gasteiger partial charge in [0.2, 0.25) is 0 Å². The van der Waals surface area contributed by atoms with E-state index in [2.05, 4.69) is 6.92 Å². The molecule has 1 aromatic carbocycles. The van der Waals surface area contributed by atoms with Crippen LogP contribution in [0.5, 0.6) is 0 Å². The van der Waals surface area contributed by atoms with Crippen LogP contribution in [0.1, 0.15) is 87.1 Å². The molecule has 152 valence electrons. The minimum absolute atomic E-state index is 0.263. The summed E-state index contributed by atoms with van der Waals surface area (Å²) in [6, 6.07) is 7.32. The molecule has 0 bridgehead atoms.